The van der Waals surface area contributed by atoms with Crippen LogP contribution in [-0.4, -0.2) is 29.8 Å². The van der Waals surface area contributed by atoms with E-state index < -0.39 is 35.8 Å². The van der Waals surface area contributed by atoms with Crippen LogP contribution >= 0.6 is 0 Å². The predicted octanol–water partition coefficient (Wildman–Crippen LogP) is 2.14. The summed E-state index contributed by atoms with van der Waals surface area (Å²) in [7, 11) is 0. The van der Waals surface area contributed by atoms with E-state index >= 15 is 0 Å². The van der Waals surface area contributed by atoms with E-state index in [-0.39, 0.29) is 28.9 Å². The quantitative estimate of drug-likeness (QED) is 0.442. The highest BCUT2D eigenvalue weighted by Gasteiger charge is 2.36. The van der Waals surface area contributed by atoms with E-state index in [2.05, 4.69) is 0 Å². The molecule has 2 aromatic carbocycles. The van der Waals surface area contributed by atoms with Gasteiger partial charge in [0.05, 0.1) is 11.1 Å². The van der Waals surface area contributed by atoms with Gasteiger partial charge >= 0.3 is 29.8 Å². The van der Waals surface area contributed by atoms with Crippen molar-refractivity contribution in [2.24, 2.45) is 0 Å². The lowest BCUT2D eigenvalue weighted by Crippen LogP contribution is -2.26. The summed E-state index contributed by atoms with van der Waals surface area (Å²) in [6.07, 6.45) is 0.0434. The minimum absolute atomic E-state index is 0.0434. The molecule has 0 fully saturated rings. The van der Waals surface area contributed by atoms with Crippen molar-refractivity contribution < 1.29 is 38.2 Å². The molecule has 1 unspecified atom stereocenters. The fourth-order valence-corrected chi connectivity index (χ4v) is 3.12. The maximum absolute atomic E-state index is 12.6. The Hall–Kier alpha value is -3.81. The van der Waals surface area contributed by atoms with Gasteiger partial charge in [0, 0.05) is 6.42 Å². The second kappa shape index (κ2) is 6.41. The van der Waals surface area contributed by atoms with Crippen LogP contribution in [0, 0.1) is 0 Å². The molecule has 4 heterocycles. The molecule has 2 aromatic rings. The number of rotatable bonds is 2. The van der Waals surface area contributed by atoms with Crippen LogP contribution in [0.15, 0.2) is 36.4 Å². The standard InChI is InChI=1S/C20H12O8/c1-2-15(21)26-14-8-10-4-6-12(14)18(23)27-19(24)13-7-9-3-5-11(13)17(22)28-20(25)16(9)10/h3-8,16H,2H2,1H3. The third-order valence-corrected chi connectivity index (χ3v) is 4.50. The monoisotopic (exact) mass is 380 g/mol. The first kappa shape index (κ1) is 17.6. The molecule has 0 saturated heterocycles. The van der Waals surface area contributed by atoms with E-state index in [1.54, 1.807) is 6.92 Å². The second-order valence-electron chi connectivity index (χ2n) is 6.21. The minimum Gasteiger partial charge on any atom is -0.426 e. The molecule has 0 N–H and O–H groups in total. The van der Waals surface area contributed by atoms with Crippen molar-refractivity contribution in [1.29, 1.82) is 0 Å². The van der Waals surface area contributed by atoms with E-state index in [1.165, 1.54) is 36.4 Å². The van der Waals surface area contributed by atoms with Crippen LogP contribution in [0.2, 0.25) is 0 Å². The molecule has 6 bridgehead atoms. The molecule has 0 aromatic heterocycles. The molecule has 8 nitrogen and oxygen atoms in total. The first-order chi connectivity index (χ1) is 13.4. The highest BCUT2D eigenvalue weighted by atomic mass is 16.6. The Morgan fingerprint density at radius 3 is 2.18 bits per heavy atom. The summed E-state index contributed by atoms with van der Waals surface area (Å²) in [5, 5.41) is 0. The van der Waals surface area contributed by atoms with Gasteiger partial charge in [0.25, 0.3) is 0 Å². The van der Waals surface area contributed by atoms with Crippen molar-refractivity contribution in [2.45, 2.75) is 19.3 Å². The average Bonchev–Trinajstić information content (AvgIpc) is 2.67. The smallest absolute Gasteiger partial charge is 0.349 e. The Bertz CT molecular complexity index is 1080. The van der Waals surface area contributed by atoms with Gasteiger partial charge in [-0.3, -0.25) is 9.59 Å². The van der Waals surface area contributed by atoms with E-state index in [1.807, 2.05) is 0 Å². The minimum atomic E-state index is -1.08. The van der Waals surface area contributed by atoms with E-state index in [9.17, 15) is 24.0 Å². The van der Waals surface area contributed by atoms with Crippen molar-refractivity contribution in [3.63, 3.8) is 0 Å². The molecule has 4 aliphatic heterocycles. The first-order valence-electron chi connectivity index (χ1n) is 8.40. The highest BCUT2D eigenvalue weighted by molar-refractivity contribution is 6.12. The largest absolute Gasteiger partial charge is 0.426 e. The summed E-state index contributed by atoms with van der Waals surface area (Å²) in [6, 6.07) is 8.23. The lowest BCUT2D eigenvalue weighted by atomic mass is 9.87. The van der Waals surface area contributed by atoms with Crippen LogP contribution in [0.4, 0.5) is 0 Å². The van der Waals surface area contributed by atoms with Crippen molar-refractivity contribution in [1.82, 2.24) is 0 Å². The molecule has 6 rings (SSSR count). The number of fused-ring (bicyclic) bond motifs is 7. The van der Waals surface area contributed by atoms with Crippen LogP contribution in [-0.2, 0) is 19.1 Å². The number of esters is 5. The summed E-state index contributed by atoms with van der Waals surface area (Å²) in [5.74, 6) is -5.83. The summed E-state index contributed by atoms with van der Waals surface area (Å²) in [4.78, 5) is 61.6. The summed E-state index contributed by atoms with van der Waals surface area (Å²) in [6.45, 7) is 1.57. The number of benzene rings is 2. The topological polar surface area (TPSA) is 113 Å². The van der Waals surface area contributed by atoms with E-state index in [0.717, 1.165) is 0 Å². The second-order valence-corrected chi connectivity index (χ2v) is 6.21. The van der Waals surface area contributed by atoms with Gasteiger partial charge in [0.2, 0.25) is 0 Å². The Morgan fingerprint density at radius 1 is 0.857 bits per heavy atom. The molecule has 0 spiro atoms. The fraction of sp³-hybridized carbons (Fsp3) is 0.150. The maximum atomic E-state index is 12.6. The predicted molar refractivity (Wildman–Crippen MR) is 90.8 cm³/mol. The lowest BCUT2D eigenvalue weighted by Gasteiger charge is -2.21. The van der Waals surface area contributed by atoms with Gasteiger partial charge < -0.3 is 14.2 Å². The third-order valence-electron chi connectivity index (χ3n) is 4.50. The molecule has 8 heteroatoms. The van der Waals surface area contributed by atoms with Gasteiger partial charge in [-0.2, -0.15) is 0 Å². The normalized spacial score (nSPS) is 17.5. The van der Waals surface area contributed by atoms with Crippen LogP contribution in [0.25, 0.3) is 0 Å². The molecular weight excluding hydrogens is 368 g/mol. The first-order valence-corrected chi connectivity index (χ1v) is 8.40. The SMILES string of the molecule is CCC(=O)Oc1cc2ccc1C(=O)OC(=O)c1cc3ccc1C(=O)OC(=O)C23. The van der Waals surface area contributed by atoms with Gasteiger partial charge in [-0.1, -0.05) is 19.1 Å². The molecular formula is C20H12O8. The lowest BCUT2D eigenvalue weighted by molar-refractivity contribution is -0.138. The fourth-order valence-electron chi connectivity index (χ4n) is 3.12. The van der Waals surface area contributed by atoms with E-state index in [0.29, 0.717) is 11.1 Å². The summed E-state index contributed by atoms with van der Waals surface area (Å²) >= 11 is 0. The molecule has 0 radical (unpaired) electrons. The zero-order chi connectivity index (χ0) is 20.0. The number of hydrogen-bond donors (Lipinski definition) is 0. The zero-order valence-corrected chi connectivity index (χ0v) is 14.5. The van der Waals surface area contributed by atoms with Gasteiger partial charge in [-0.25, -0.2) is 14.4 Å². The molecule has 140 valence electrons. The van der Waals surface area contributed by atoms with Crippen molar-refractivity contribution in [2.75, 3.05) is 0 Å². The van der Waals surface area contributed by atoms with Crippen molar-refractivity contribution in [3.8, 4) is 5.75 Å². The van der Waals surface area contributed by atoms with Gasteiger partial charge in [-0.05, 0) is 35.4 Å². The Kier molecular flexibility index (Phi) is 4.03. The zero-order valence-electron chi connectivity index (χ0n) is 14.5. The maximum Gasteiger partial charge on any atom is 0.349 e. The molecule has 0 aliphatic carbocycles. The molecule has 1 atom stereocenters. The number of ether oxygens (including phenoxy) is 3. The Labute approximate surface area is 158 Å². The van der Waals surface area contributed by atoms with Crippen molar-refractivity contribution in [3.05, 3.63) is 64.2 Å². The van der Waals surface area contributed by atoms with E-state index in [4.69, 9.17) is 14.2 Å². The van der Waals surface area contributed by atoms with Gasteiger partial charge in [-0.15, -0.1) is 0 Å². The Morgan fingerprint density at radius 2 is 1.46 bits per heavy atom. The molecule has 4 aliphatic rings. The number of hydrogen-bond acceptors (Lipinski definition) is 8. The molecule has 28 heavy (non-hydrogen) atoms. The van der Waals surface area contributed by atoms with Gasteiger partial charge in [0.15, 0.2) is 0 Å². The molecule has 0 saturated carbocycles. The van der Waals surface area contributed by atoms with Crippen LogP contribution < -0.4 is 4.74 Å². The van der Waals surface area contributed by atoms with Crippen molar-refractivity contribution >= 4 is 29.8 Å². The third kappa shape index (κ3) is 2.75. The van der Waals surface area contributed by atoms with Crippen LogP contribution in [0.1, 0.15) is 61.5 Å². The van der Waals surface area contributed by atoms with Crippen LogP contribution in [0.3, 0.4) is 0 Å². The van der Waals surface area contributed by atoms with Gasteiger partial charge in [0.1, 0.15) is 17.2 Å². The Balaban J connectivity index is 1.99. The van der Waals surface area contributed by atoms with Crippen LogP contribution in [0.5, 0.6) is 5.75 Å². The molecule has 0 amide bonds. The number of carbonyl (C=O) groups is 5. The number of carbonyl (C=O) groups excluding carboxylic acids is 5. The summed E-state index contributed by atoms with van der Waals surface area (Å²) < 4.78 is 14.9. The average molecular weight is 380 g/mol. The highest BCUT2D eigenvalue weighted by Crippen LogP contribution is 2.35. The summed E-state index contributed by atoms with van der Waals surface area (Å²) in [5.41, 5.74) is 0.149.